The van der Waals surface area contributed by atoms with Gasteiger partial charge in [0.05, 0.1) is 0 Å². The number of rotatable bonds is 1. The van der Waals surface area contributed by atoms with E-state index in [1.165, 1.54) is 18.5 Å². The lowest BCUT2D eigenvalue weighted by atomic mass is 10.1. The summed E-state index contributed by atoms with van der Waals surface area (Å²) >= 11 is 0. The van der Waals surface area contributed by atoms with Gasteiger partial charge in [0.25, 0.3) is 0 Å². The van der Waals surface area contributed by atoms with E-state index in [4.69, 9.17) is 0 Å². The highest BCUT2D eigenvalue weighted by Gasteiger charge is 2.24. The molecule has 4 nitrogen and oxygen atoms in total. The maximum atomic E-state index is 13.1. The molecule has 0 saturated carbocycles. The average Bonchev–Trinajstić information content (AvgIpc) is 2.11. The maximum Gasteiger partial charge on any atom is 0.187 e. The van der Waals surface area contributed by atoms with Gasteiger partial charge in [0.1, 0.15) is 0 Å². The molecular formula is C5H9FN4. The van der Waals surface area contributed by atoms with Crippen LogP contribution in [0.4, 0.5) is 4.39 Å². The molecule has 56 valence electrons. The SMILES string of the molecule is Cn1nnnc1C(C)(C)F. The van der Waals surface area contributed by atoms with Crippen molar-refractivity contribution in [2.75, 3.05) is 0 Å². The van der Waals surface area contributed by atoms with Crippen LogP contribution in [-0.2, 0) is 12.7 Å². The smallest absolute Gasteiger partial charge is 0.187 e. The van der Waals surface area contributed by atoms with E-state index < -0.39 is 5.67 Å². The number of tetrazole rings is 1. The predicted molar refractivity (Wildman–Crippen MR) is 32.9 cm³/mol. The number of aryl methyl sites for hydroxylation is 1. The molecule has 0 aliphatic carbocycles. The molecular weight excluding hydrogens is 135 g/mol. The molecule has 0 bridgehead atoms. The number of nitrogens with zero attached hydrogens (tertiary/aromatic N) is 4. The normalized spacial score (nSPS) is 12.0. The highest BCUT2D eigenvalue weighted by atomic mass is 19.1. The Balaban J connectivity index is 3.05. The fourth-order valence-corrected chi connectivity index (χ4v) is 0.733. The van der Waals surface area contributed by atoms with Crippen molar-refractivity contribution in [1.29, 1.82) is 0 Å². The molecule has 1 rings (SSSR count). The topological polar surface area (TPSA) is 43.6 Å². The lowest BCUT2D eigenvalue weighted by Gasteiger charge is -2.09. The first kappa shape index (κ1) is 7.11. The van der Waals surface area contributed by atoms with Crippen molar-refractivity contribution in [2.45, 2.75) is 19.5 Å². The van der Waals surface area contributed by atoms with E-state index in [0.717, 1.165) is 0 Å². The van der Waals surface area contributed by atoms with Crippen molar-refractivity contribution in [1.82, 2.24) is 20.2 Å². The molecule has 0 fully saturated rings. The van der Waals surface area contributed by atoms with Crippen LogP contribution in [0.15, 0.2) is 0 Å². The second kappa shape index (κ2) is 2.00. The largest absolute Gasteiger partial charge is 0.236 e. The molecule has 0 saturated heterocycles. The molecule has 0 unspecified atom stereocenters. The number of alkyl halides is 1. The lowest BCUT2D eigenvalue weighted by molar-refractivity contribution is 0.199. The molecule has 0 atom stereocenters. The number of hydrogen-bond acceptors (Lipinski definition) is 3. The van der Waals surface area contributed by atoms with Crippen LogP contribution in [-0.4, -0.2) is 20.2 Å². The van der Waals surface area contributed by atoms with Crippen LogP contribution in [0.5, 0.6) is 0 Å². The second-order valence-electron chi connectivity index (χ2n) is 2.60. The molecule has 1 aromatic rings. The van der Waals surface area contributed by atoms with Crippen LogP contribution in [0.2, 0.25) is 0 Å². The molecule has 0 N–H and O–H groups in total. The fourth-order valence-electron chi connectivity index (χ4n) is 0.733. The van der Waals surface area contributed by atoms with Crippen LogP contribution >= 0.6 is 0 Å². The average molecular weight is 144 g/mol. The van der Waals surface area contributed by atoms with Gasteiger partial charge in [0, 0.05) is 7.05 Å². The molecule has 0 aliphatic heterocycles. The number of aromatic nitrogens is 4. The molecule has 0 aromatic carbocycles. The van der Waals surface area contributed by atoms with Gasteiger partial charge in [-0.1, -0.05) is 0 Å². The van der Waals surface area contributed by atoms with Gasteiger partial charge in [0.2, 0.25) is 0 Å². The minimum absolute atomic E-state index is 0.243. The maximum absolute atomic E-state index is 13.1. The third-order valence-electron chi connectivity index (χ3n) is 1.15. The van der Waals surface area contributed by atoms with Gasteiger partial charge < -0.3 is 0 Å². The van der Waals surface area contributed by atoms with Crippen molar-refractivity contribution in [3.05, 3.63) is 5.82 Å². The van der Waals surface area contributed by atoms with Crippen molar-refractivity contribution < 1.29 is 4.39 Å². The zero-order chi connectivity index (χ0) is 7.78. The van der Waals surface area contributed by atoms with E-state index >= 15 is 0 Å². The number of hydrogen-bond donors (Lipinski definition) is 0. The Kier molecular flexibility index (Phi) is 1.42. The molecule has 5 heteroatoms. The van der Waals surface area contributed by atoms with Gasteiger partial charge in [-0.05, 0) is 24.3 Å². The first-order chi connectivity index (χ1) is 4.52. The summed E-state index contributed by atoms with van der Waals surface area (Å²) in [7, 11) is 1.61. The van der Waals surface area contributed by atoms with E-state index in [2.05, 4.69) is 15.5 Å². The lowest BCUT2D eigenvalue weighted by Crippen LogP contribution is -2.16. The Hall–Kier alpha value is -1.00. The Labute approximate surface area is 58.0 Å². The summed E-state index contributed by atoms with van der Waals surface area (Å²) < 4.78 is 14.4. The molecule has 1 aromatic heterocycles. The van der Waals surface area contributed by atoms with Crippen LogP contribution in [0.25, 0.3) is 0 Å². The van der Waals surface area contributed by atoms with Crippen LogP contribution in [0.1, 0.15) is 19.7 Å². The van der Waals surface area contributed by atoms with E-state index in [9.17, 15) is 4.39 Å². The van der Waals surface area contributed by atoms with Gasteiger partial charge in [-0.3, -0.25) is 0 Å². The summed E-state index contributed by atoms with van der Waals surface area (Å²) in [6.07, 6.45) is 0. The van der Waals surface area contributed by atoms with Gasteiger partial charge in [-0.2, -0.15) is 0 Å². The first-order valence-corrected chi connectivity index (χ1v) is 2.93. The molecule has 0 aliphatic rings. The summed E-state index contributed by atoms with van der Waals surface area (Å²) in [6.45, 7) is 2.83. The van der Waals surface area contributed by atoms with E-state index in [0.29, 0.717) is 0 Å². The van der Waals surface area contributed by atoms with Crippen molar-refractivity contribution in [2.24, 2.45) is 7.05 Å². The zero-order valence-corrected chi connectivity index (χ0v) is 6.17. The van der Waals surface area contributed by atoms with E-state index in [1.54, 1.807) is 7.05 Å². The highest BCUT2D eigenvalue weighted by molar-refractivity contribution is 4.93. The molecule has 10 heavy (non-hydrogen) atoms. The first-order valence-electron chi connectivity index (χ1n) is 2.93. The summed E-state index contributed by atoms with van der Waals surface area (Å²) in [4.78, 5) is 0. The van der Waals surface area contributed by atoms with Crippen molar-refractivity contribution >= 4 is 0 Å². The Morgan fingerprint density at radius 2 is 2.10 bits per heavy atom. The number of halogens is 1. The standard InChI is InChI=1S/C5H9FN4/c1-5(2,6)4-7-8-9-10(4)3/h1-3H3. The van der Waals surface area contributed by atoms with Crippen LogP contribution in [0.3, 0.4) is 0 Å². The van der Waals surface area contributed by atoms with Crippen LogP contribution < -0.4 is 0 Å². The molecule has 0 amide bonds. The zero-order valence-electron chi connectivity index (χ0n) is 6.17. The third-order valence-corrected chi connectivity index (χ3v) is 1.15. The van der Waals surface area contributed by atoms with Crippen LogP contribution in [0, 0.1) is 0 Å². The summed E-state index contributed by atoms with van der Waals surface area (Å²) in [6, 6.07) is 0. The van der Waals surface area contributed by atoms with Gasteiger partial charge in [-0.25, -0.2) is 9.07 Å². The molecule has 0 radical (unpaired) electrons. The van der Waals surface area contributed by atoms with E-state index in [1.807, 2.05) is 0 Å². The van der Waals surface area contributed by atoms with Gasteiger partial charge in [0.15, 0.2) is 11.5 Å². The van der Waals surface area contributed by atoms with E-state index in [-0.39, 0.29) is 5.82 Å². The van der Waals surface area contributed by atoms with Gasteiger partial charge >= 0.3 is 0 Å². The summed E-state index contributed by atoms with van der Waals surface area (Å²) in [5.41, 5.74) is -1.46. The Bertz CT molecular complexity index is 224. The summed E-state index contributed by atoms with van der Waals surface area (Å²) in [5, 5.41) is 10.3. The monoisotopic (exact) mass is 144 g/mol. The van der Waals surface area contributed by atoms with Crippen molar-refractivity contribution in [3.63, 3.8) is 0 Å². The third kappa shape index (κ3) is 1.12. The minimum Gasteiger partial charge on any atom is -0.236 e. The second-order valence-corrected chi connectivity index (χ2v) is 2.60. The van der Waals surface area contributed by atoms with Gasteiger partial charge in [-0.15, -0.1) is 5.10 Å². The minimum atomic E-state index is -1.46. The Morgan fingerprint density at radius 1 is 1.50 bits per heavy atom. The van der Waals surface area contributed by atoms with Crippen molar-refractivity contribution in [3.8, 4) is 0 Å². The molecule has 1 heterocycles. The predicted octanol–water partition coefficient (Wildman–Crippen LogP) is 0.415. The molecule has 0 spiro atoms. The summed E-state index contributed by atoms with van der Waals surface area (Å²) in [5.74, 6) is 0.243. The quantitative estimate of drug-likeness (QED) is 0.573. The fraction of sp³-hybridized carbons (Fsp3) is 0.800. The Morgan fingerprint density at radius 3 is 2.30 bits per heavy atom. The highest BCUT2D eigenvalue weighted by Crippen LogP contribution is 2.19.